The molecule has 0 unspecified atom stereocenters. The monoisotopic (exact) mass is 354 g/mol. The lowest BCUT2D eigenvalue weighted by molar-refractivity contribution is 0.102. The number of carbonyl (C=O) groups is 1. The van der Waals surface area contributed by atoms with Crippen molar-refractivity contribution in [3.8, 4) is 5.75 Å². The van der Waals surface area contributed by atoms with Crippen molar-refractivity contribution >= 4 is 32.6 Å². The molecule has 5 heteroatoms. The third kappa shape index (κ3) is 4.17. The van der Waals surface area contributed by atoms with E-state index < -0.39 is 0 Å². The molecule has 0 aliphatic rings. The van der Waals surface area contributed by atoms with Gasteiger partial charge in [-0.05, 0) is 61.7 Å². The lowest BCUT2D eigenvalue weighted by Crippen LogP contribution is -2.11. The van der Waals surface area contributed by atoms with E-state index in [2.05, 4.69) is 36.3 Å². The molecule has 0 atom stereocenters. The zero-order chi connectivity index (χ0) is 17.8. The molecule has 130 valence electrons. The van der Waals surface area contributed by atoms with Gasteiger partial charge in [-0.3, -0.25) is 10.1 Å². The minimum atomic E-state index is -0.159. The number of aryl methyl sites for hydroxylation is 2. The van der Waals surface area contributed by atoms with Crippen molar-refractivity contribution in [1.29, 1.82) is 0 Å². The van der Waals surface area contributed by atoms with Gasteiger partial charge in [0.25, 0.3) is 5.91 Å². The minimum absolute atomic E-state index is 0.159. The summed E-state index contributed by atoms with van der Waals surface area (Å²) in [4.78, 5) is 17.0. The van der Waals surface area contributed by atoms with Crippen LogP contribution in [-0.2, 0) is 0 Å². The van der Waals surface area contributed by atoms with Gasteiger partial charge >= 0.3 is 0 Å². The summed E-state index contributed by atoms with van der Waals surface area (Å²) in [7, 11) is 0. The summed E-state index contributed by atoms with van der Waals surface area (Å²) < 4.78 is 6.71. The molecule has 25 heavy (non-hydrogen) atoms. The minimum Gasteiger partial charge on any atom is -0.494 e. The molecule has 0 spiro atoms. The first-order valence-corrected chi connectivity index (χ1v) is 9.30. The van der Waals surface area contributed by atoms with Gasteiger partial charge < -0.3 is 4.74 Å². The topological polar surface area (TPSA) is 51.2 Å². The first kappa shape index (κ1) is 17.4. The van der Waals surface area contributed by atoms with Gasteiger partial charge in [0.2, 0.25) is 0 Å². The summed E-state index contributed by atoms with van der Waals surface area (Å²) in [5.74, 6) is 0.629. The van der Waals surface area contributed by atoms with E-state index in [4.69, 9.17) is 4.74 Å². The third-order valence-electron chi connectivity index (χ3n) is 3.93. The second-order valence-corrected chi connectivity index (χ2v) is 7.16. The van der Waals surface area contributed by atoms with Crippen molar-refractivity contribution in [1.82, 2.24) is 4.98 Å². The average molecular weight is 354 g/mol. The molecule has 2 aromatic carbocycles. The predicted octanol–water partition coefficient (Wildman–Crippen LogP) is 5.34. The molecule has 1 aromatic heterocycles. The first-order valence-electron chi connectivity index (χ1n) is 8.49. The molecule has 1 N–H and O–H groups in total. The van der Waals surface area contributed by atoms with Crippen LogP contribution in [0.4, 0.5) is 5.13 Å². The molecule has 0 fully saturated rings. The van der Waals surface area contributed by atoms with Crippen molar-refractivity contribution in [2.75, 3.05) is 11.9 Å². The molecular formula is C20H22N2O2S. The standard InChI is InChI=1S/C20H22N2O2S/c1-4-5-10-24-16-8-6-15(7-9-16)19(23)22-20-21-18-14(3)11-13(2)12-17(18)25-20/h6-9,11-12H,4-5,10H2,1-3H3,(H,21,22,23). The van der Waals surface area contributed by atoms with E-state index in [1.165, 1.54) is 16.9 Å². The predicted molar refractivity (Wildman–Crippen MR) is 104 cm³/mol. The van der Waals surface area contributed by atoms with Crippen molar-refractivity contribution in [2.45, 2.75) is 33.6 Å². The lowest BCUT2D eigenvalue weighted by Gasteiger charge is -2.06. The number of fused-ring (bicyclic) bond motifs is 1. The van der Waals surface area contributed by atoms with Crippen LogP contribution in [0.3, 0.4) is 0 Å². The summed E-state index contributed by atoms with van der Waals surface area (Å²) in [5.41, 5.74) is 3.87. The van der Waals surface area contributed by atoms with Crippen molar-refractivity contribution < 1.29 is 9.53 Å². The van der Waals surface area contributed by atoms with Crippen LogP contribution in [0.15, 0.2) is 36.4 Å². The quantitative estimate of drug-likeness (QED) is 0.608. The number of thiazole rings is 1. The number of hydrogen-bond acceptors (Lipinski definition) is 4. The van der Waals surface area contributed by atoms with E-state index in [1.54, 1.807) is 12.1 Å². The number of ether oxygens (including phenoxy) is 1. The van der Waals surface area contributed by atoms with Crippen LogP contribution in [0.2, 0.25) is 0 Å². The Morgan fingerprint density at radius 3 is 2.68 bits per heavy atom. The number of unbranched alkanes of at least 4 members (excludes halogenated alkanes) is 1. The van der Waals surface area contributed by atoms with E-state index in [-0.39, 0.29) is 5.91 Å². The summed E-state index contributed by atoms with van der Waals surface area (Å²) >= 11 is 1.50. The van der Waals surface area contributed by atoms with Crippen LogP contribution in [0, 0.1) is 13.8 Å². The second kappa shape index (κ2) is 7.66. The number of benzene rings is 2. The van der Waals surface area contributed by atoms with Gasteiger partial charge in [-0.15, -0.1) is 0 Å². The molecule has 3 rings (SSSR count). The highest BCUT2D eigenvalue weighted by Gasteiger charge is 2.11. The van der Waals surface area contributed by atoms with E-state index in [1.807, 2.05) is 19.1 Å². The summed E-state index contributed by atoms with van der Waals surface area (Å²) in [6.07, 6.45) is 2.13. The van der Waals surface area contributed by atoms with E-state index in [0.717, 1.165) is 34.4 Å². The maximum atomic E-state index is 12.4. The van der Waals surface area contributed by atoms with E-state index in [9.17, 15) is 4.79 Å². The first-order chi connectivity index (χ1) is 12.1. The number of carbonyl (C=O) groups excluding carboxylic acids is 1. The maximum absolute atomic E-state index is 12.4. The Kier molecular flexibility index (Phi) is 5.34. The normalized spacial score (nSPS) is 10.8. The molecule has 0 saturated heterocycles. The SMILES string of the molecule is CCCCOc1ccc(C(=O)Nc2nc3c(C)cc(C)cc3s2)cc1. The number of nitrogens with zero attached hydrogens (tertiary/aromatic N) is 1. The van der Waals surface area contributed by atoms with E-state index >= 15 is 0 Å². The third-order valence-corrected chi connectivity index (χ3v) is 4.85. The largest absolute Gasteiger partial charge is 0.494 e. The Morgan fingerprint density at radius 2 is 1.96 bits per heavy atom. The molecule has 0 aliphatic heterocycles. The molecule has 0 saturated carbocycles. The molecule has 1 heterocycles. The fourth-order valence-electron chi connectivity index (χ4n) is 2.63. The maximum Gasteiger partial charge on any atom is 0.257 e. The van der Waals surface area contributed by atoms with Gasteiger partial charge in [0, 0.05) is 5.56 Å². The Labute approximate surface area is 151 Å². The Morgan fingerprint density at radius 1 is 1.20 bits per heavy atom. The van der Waals surface area contributed by atoms with Crippen LogP contribution in [0.25, 0.3) is 10.2 Å². The van der Waals surface area contributed by atoms with Gasteiger partial charge in [-0.2, -0.15) is 0 Å². The molecule has 3 aromatic rings. The van der Waals surface area contributed by atoms with Crippen molar-refractivity contribution in [3.63, 3.8) is 0 Å². The summed E-state index contributed by atoms with van der Waals surface area (Å²) in [5, 5.41) is 3.52. The van der Waals surface area contributed by atoms with Gasteiger partial charge in [0.05, 0.1) is 16.8 Å². The number of anilines is 1. The number of rotatable bonds is 6. The smallest absolute Gasteiger partial charge is 0.257 e. The zero-order valence-corrected chi connectivity index (χ0v) is 15.6. The number of nitrogens with one attached hydrogen (secondary N) is 1. The lowest BCUT2D eigenvalue weighted by atomic mass is 10.1. The highest BCUT2D eigenvalue weighted by atomic mass is 32.1. The second-order valence-electron chi connectivity index (χ2n) is 6.13. The van der Waals surface area contributed by atoms with Gasteiger partial charge in [0.1, 0.15) is 5.75 Å². The molecule has 4 nitrogen and oxygen atoms in total. The van der Waals surface area contributed by atoms with Gasteiger partial charge in [-0.1, -0.05) is 30.7 Å². The highest BCUT2D eigenvalue weighted by molar-refractivity contribution is 7.22. The van der Waals surface area contributed by atoms with Crippen LogP contribution in [-0.4, -0.2) is 17.5 Å². The van der Waals surface area contributed by atoms with Crippen LogP contribution < -0.4 is 10.1 Å². The summed E-state index contributed by atoms with van der Waals surface area (Å²) in [6.45, 7) is 6.93. The molecule has 0 radical (unpaired) electrons. The van der Waals surface area contributed by atoms with Crippen molar-refractivity contribution in [3.05, 3.63) is 53.1 Å². The molecule has 0 aliphatic carbocycles. The Hall–Kier alpha value is -2.40. The molecular weight excluding hydrogens is 332 g/mol. The fraction of sp³-hybridized carbons (Fsp3) is 0.300. The van der Waals surface area contributed by atoms with Crippen LogP contribution in [0.5, 0.6) is 5.75 Å². The van der Waals surface area contributed by atoms with Crippen LogP contribution >= 0.6 is 11.3 Å². The Balaban J connectivity index is 1.70. The van der Waals surface area contributed by atoms with Crippen LogP contribution in [0.1, 0.15) is 41.3 Å². The van der Waals surface area contributed by atoms with Crippen molar-refractivity contribution in [2.24, 2.45) is 0 Å². The number of amides is 1. The number of hydrogen-bond donors (Lipinski definition) is 1. The Bertz CT molecular complexity index is 885. The number of aromatic nitrogens is 1. The fourth-order valence-corrected chi connectivity index (χ4v) is 3.67. The van der Waals surface area contributed by atoms with E-state index in [0.29, 0.717) is 17.3 Å². The molecule has 0 bridgehead atoms. The van der Waals surface area contributed by atoms with Gasteiger partial charge in [0.15, 0.2) is 5.13 Å². The average Bonchev–Trinajstić information content (AvgIpc) is 2.98. The summed E-state index contributed by atoms with van der Waals surface area (Å²) in [6, 6.07) is 11.4. The van der Waals surface area contributed by atoms with Gasteiger partial charge in [-0.25, -0.2) is 4.98 Å². The molecule has 1 amide bonds. The highest BCUT2D eigenvalue weighted by Crippen LogP contribution is 2.29. The zero-order valence-electron chi connectivity index (χ0n) is 14.8.